The first-order valence-corrected chi connectivity index (χ1v) is 5.55. The van der Waals surface area contributed by atoms with Crippen LogP contribution < -0.4 is 5.32 Å². The van der Waals surface area contributed by atoms with Gasteiger partial charge in [-0.3, -0.25) is 4.79 Å². The van der Waals surface area contributed by atoms with Crippen LogP contribution in [0.25, 0.3) is 0 Å². The molecule has 1 N–H and O–H groups in total. The Hall–Kier alpha value is -1.15. The minimum atomic E-state index is 0.268. The van der Waals surface area contributed by atoms with Gasteiger partial charge in [0, 0.05) is 12.0 Å². The molecule has 2 heteroatoms. The van der Waals surface area contributed by atoms with Crippen LogP contribution in [0, 0.1) is 0 Å². The predicted octanol–water partition coefficient (Wildman–Crippen LogP) is 2.43. The van der Waals surface area contributed by atoms with Crippen molar-refractivity contribution in [3.8, 4) is 0 Å². The molecule has 82 valence electrons. The molecule has 0 bridgehead atoms. The van der Waals surface area contributed by atoms with Gasteiger partial charge in [-0.1, -0.05) is 31.2 Å². The van der Waals surface area contributed by atoms with Gasteiger partial charge >= 0.3 is 0 Å². The summed E-state index contributed by atoms with van der Waals surface area (Å²) in [5, 5.41) is 3.10. The summed E-state index contributed by atoms with van der Waals surface area (Å²) < 4.78 is 0. The normalized spacial score (nSPS) is 10.3. The average Bonchev–Trinajstić information content (AvgIpc) is 2.27. The topological polar surface area (TPSA) is 29.1 Å². The van der Waals surface area contributed by atoms with E-state index in [2.05, 4.69) is 5.32 Å². The van der Waals surface area contributed by atoms with Gasteiger partial charge in [-0.25, -0.2) is 0 Å². The number of Topliss-reactive ketones (excluding diaryl/α,β-unsaturated/α-hetero) is 1. The van der Waals surface area contributed by atoms with E-state index in [0.29, 0.717) is 6.42 Å². The maximum Gasteiger partial charge on any atom is 0.163 e. The fourth-order valence-electron chi connectivity index (χ4n) is 1.63. The number of carbonyl (C=O) groups excluding carboxylic acids is 1. The van der Waals surface area contributed by atoms with E-state index in [4.69, 9.17) is 0 Å². The molecule has 0 fully saturated rings. The van der Waals surface area contributed by atoms with E-state index in [-0.39, 0.29) is 5.78 Å². The van der Waals surface area contributed by atoms with Crippen molar-refractivity contribution in [2.75, 3.05) is 13.6 Å². The molecule has 0 atom stereocenters. The van der Waals surface area contributed by atoms with Crippen LogP contribution in [0.3, 0.4) is 0 Å². The summed E-state index contributed by atoms with van der Waals surface area (Å²) in [5.41, 5.74) is 2.06. The lowest BCUT2D eigenvalue weighted by Gasteiger charge is -2.07. The second-order valence-corrected chi connectivity index (χ2v) is 3.68. The van der Waals surface area contributed by atoms with Gasteiger partial charge in [0.15, 0.2) is 5.78 Å². The van der Waals surface area contributed by atoms with Gasteiger partial charge in [-0.15, -0.1) is 0 Å². The van der Waals surface area contributed by atoms with Crippen LogP contribution in [0.5, 0.6) is 0 Å². The zero-order valence-electron chi connectivity index (χ0n) is 9.55. The zero-order valence-corrected chi connectivity index (χ0v) is 9.55. The lowest BCUT2D eigenvalue weighted by atomic mass is 9.99. The number of ketones is 1. The number of hydrogen-bond donors (Lipinski definition) is 1. The Labute approximate surface area is 91.7 Å². The first kappa shape index (κ1) is 11.9. The van der Waals surface area contributed by atoms with E-state index in [1.165, 1.54) is 0 Å². The van der Waals surface area contributed by atoms with Crippen LogP contribution >= 0.6 is 0 Å². The number of hydrogen-bond acceptors (Lipinski definition) is 2. The fourth-order valence-corrected chi connectivity index (χ4v) is 1.63. The Morgan fingerprint density at radius 2 is 2.07 bits per heavy atom. The van der Waals surface area contributed by atoms with Crippen LogP contribution in [0.1, 0.15) is 35.7 Å². The third kappa shape index (κ3) is 3.48. The monoisotopic (exact) mass is 205 g/mol. The molecule has 1 aromatic carbocycles. The summed E-state index contributed by atoms with van der Waals surface area (Å²) in [5.74, 6) is 0.268. The van der Waals surface area contributed by atoms with Gasteiger partial charge in [0.25, 0.3) is 0 Å². The molecule has 0 heterocycles. The van der Waals surface area contributed by atoms with E-state index < -0.39 is 0 Å². The van der Waals surface area contributed by atoms with Gasteiger partial charge in [0.2, 0.25) is 0 Å². The van der Waals surface area contributed by atoms with Crippen molar-refractivity contribution in [2.45, 2.75) is 26.2 Å². The van der Waals surface area contributed by atoms with E-state index in [1.54, 1.807) is 0 Å². The Balaban J connectivity index is 2.80. The molecule has 0 unspecified atom stereocenters. The second kappa shape index (κ2) is 6.36. The lowest BCUT2D eigenvalue weighted by Crippen LogP contribution is -2.13. The number of nitrogens with one attached hydrogen (secondary N) is 1. The van der Waals surface area contributed by atoms with Crippen molar-refractivity contribution >= 4 is 5.78 Å². The first-order chi connectivity index (χ1) is 7.29. The summed E-state index contributed by atoms with van der Waals surface area (Å²) in [6.07, 6.45) is 2.48. The van der Waals surface area contributed by atoms with Crippen molar-refractivity contribution in [1.29, 1.82) is 0 Å². The van der Waals surface area contributed by atoms with E-state index in [1.807, 2.05) is 38.2 Å². The molecule has 0 amide bonds. The fraction of sp³-hybridized carbons (Fsp3) is 0.462. The molecule has 0 aliphatic rings. The molecule has 2 nitrogen and oxygen atoms in total. The number of benzene rings is 1. The maximum atomic E-state index is 11.8. The maximum absolute atomic E-state index is 11.8. The zero-order chi connectivity index (χ0) is 11.1. The molecule has 1 rings (SSSR count). The lowest BCUT2D eigenvalue weighted by molar-refractivity contribution is 0.0981. The van der Waals surface area contributed by atoms with E-state index in [9.17, 15) is 4.79 Å². The largest absolute Gasteiger partial charge is 0.319 e. The molecular weight excluding hydrogens is 186 g/mol. The summed E-state index contributed by atoms with van der Waals surface area (Å²) in [4.78, 5) is 11.8. The second-order valence-electron chi connectivity index (χ2n) is 3.68. The molecule has 15 heavy (non-hydrogen) atoms. The smallest absolute Gasteiger partial charge is 0.163 e. The molecule has 1 aromatic rings. The molecule has 0 aromatic heterocycles. The Kier molecular flexibility index (Phi) is 5.05. The summed E-state index contributed by atoms with van der Waals surface area (Å²) >= 11 is 0. The average molecular weight is 205 g/mol. The van der Waals surface area contributed by atoms with Gasteiger partial charge in [0.1, 0.15) is 0 Å². The van der Waals surface area contributed by atoms with Crippen LogP contribution in [-0.2, 0) is 6.42 Å². The summed E-state index contributed by atoms with van der Waals surface area (Å²) in [7, 11) is 1.93. The summed E-state index contributed by atoms with van der Waals surface area (Å²) in [6, 6.07) is 7.91. The number of rotatable bonds is 6. The molecule has 0 radical (unpaired) electrons. The molecule has 0 spiro atoms. The Morgan fingerprint density at radius 3 is 2.73 bits per heavy atom. The van der Waals surface area contributed by atoms with Crippen molar-refractivity contribution in [1.82, 2.24) is 5.32 Å². The van der Waals surface area contributed by atoms with Gasteiger partial charge in [0.05, 0.1) is 0 Å². The number of carbonyl (C=O) groups is 1. The highest BCUT2D eigenvalue weighted by molar-refractivity contribution is 5.97. The molecular formula is C13H19NO. The highest BCUT2D eigenvalue weighted by atomic mass is 16.1. The van der Waals surface area contributed by atoms with Crippen LogP contribution in [0.15, 0.2) is 24.3 Å². The minimum Gasteiger partial charge on any atom is -0.319 e. The van der Waals surface area contributed by atoms with Crippen LogP contribution in [-0.4, -0.2) is 19.4 Å². The minimum absolute atomic E-state index is 0.268. The van der Waals surface area contributed by atoms with Gasteiger partial charge in [-0.2, -0.15) is 0 Å². The molecule has 0 aliphatic carbocycles. The van der Waals surface area contributed by atoms with Crippen LogP contribution in [0.4, 0.5) is 0 Å². The van der Waals surface area contributed by atoms with Crippen molar-refractivity contribution in [3.63, 3.8) is 0 Å². The first-order valence-electron chi connectivity index (χ1n) is 5.55. The quantitative estimate of drug-likeness (QED) is 0.723. The molecule has 0 aliphatic heterocycles. The standard InChI is InChI=1S/C13H19NO/c1-3-6-13(15)12-8-5-4-7-11(12)9-10-14-2/h4-5,7-8,14H,3,6,9-10H2,1-2H3. The van der Waals surface area contributed by atoms with E-state index >= 15 is 0 Å². The molecule has 0 saturated heterocycles. The number of likely N-dealkylation sites (N-methyl/N-ethyl adjacent to an activating group) is 1. The Morgan fingerprint density at radius 1 is 1.33 bits per heavy atom. The van der Waals surface area contributed by atoms with E-state index in [0.717, 1.165) is 30.5 Å². The SMILES string of the molecule is CCCC(=O)c1ccccc1CCNC. The third-order valence-electron chi connectivity index (χ3n) is 2.44. The third-order valence-corrected chi connectivity index (χ3v) is 2.44. The van der Waals surface area contributed by atoms with Gasteiger partial charge in [-0.05, 0) is 32.0 Å². The van der Waals surface area contributed by atoms with Crippen LogP contribution in [0.2, 0.25) is 0 Å². The molecule has 0 saturated carbocycles. The van der Waals surface area contributed by atoms with Crippen molar-refractivity contribution in [3.05, 3.63) is 35.4 Å². The highest BCUT2D eigenvalue weighted by Crippen LogP contribution is 2.12. The Bertz CT molecular complexity index is 320. The summed E-state index contributed by atoms with van der Waals surface area (Å²) in [6.45, 7) is 2.95. The predicted molar refractivity (Wildman–Crippen MR) is 63.3 cm³/mol. The highest BCUT2D eigenvalue weighted by Gasteiger charge is 2.08. The van der Waals surface area contributed by atoms with Crippen molar-refractivity contribution < 1.29 is 4.79 Å². The van der Waals surface area contributed by atoms with Gasteiger partial charge < -0.3 is 5.32 Å². The van der Waals surface area contributed by atoms with Crippen molar-refractivity contribution in [2.24, 2.45) is 0 Å².